The van der Waals surface area contributed by atoms with Gasteiger partial charge in [0, 0.05) is 26.0 Å². The van der Waals surface area contributed by atoms with Crippen molar-refractivity contribution in [2.24, 2.45) is 0 Å². The van der Waals surface area contributed by atoms with Crippen molar-refractivity contribution < 1.29 is 17.9 Å². The lowest BCUT2D eigenvalue weighted by atomic mass is 10.4. The SMILES string of the molecule is CCOC(CNCCCS(C)(=O)=O)OCC. The number of rotatable bonds is 10. The topological polar surface area (TPSA) is 64.6 Å². The lowest BCUT2D eigenvalue weighted by molar-refractivity contribution is -0.132. The van der Waals surface area contributed by atoms with E-state index in [1.807, 2.05) is 13.8 Å². The van der Waals surface area contributed by atoms with Crippen molar-refractivity contribution in [2.75, 3.05) is 38.3 Å². The lowest BCUT2D eigenvalue weighted by Gasteiger charge is -2.17. The van der Waals surface area contributed by atoms with E-state index >= 15 is 0 Å². The Bertz CT molecular complexity index is 248. The Labute approximate surface area is 98.4 Å². The van der Waals surface area contributed by atoms with E-state index < -0.39 is 9.84 Å². The summed E-state index contributed by atoms with van der Waals surface area (Å²) in [5, 5.41) is 3.11. The fourth-order valence-electron chi connectivity index (χ4n) is 1.22. The molecular formula is C10H23NO4S. The molecule has 6 heteroatoms. The summed E-state index contributed by atoms with van der Waals surface area (Å²) in [6.45, 7) is 6.28. The summed E-state index contributed by atoms with van der Waals surface area (Å²) in [5.74, 6) is 0.216. The molecule has 0 aromatic heterocycles. The predicted octanol–water partition coefficient (Wildman–Crippen LogP) is 0.410. The second kappa shape index (κ2) is 8.92. The van der Waals surface area contributed by atoms with Crippen LogP contribution in [0.5, 0.6) is 0 Å². The van der Waals surface area contributed by atoms with E-state index in [-0.39, 0.29) is 12.0 Å². The zero-order valence-electron chi connectivity index (χ0n) is 10.4. The highest BCUT2D eigenvalue weighted by Gasteiger charge is 2.07. The zero-order valence-corrected chi connectivity index (χ0v) is 11.2. The third-order valence-electron chi connectivity index (χ3n) is 1.88. The fourth-order valence-corrected chi connectivity index (χ4v) is 1.89. The quantitative estimate of drug-likeness (QED) is 0.451. The smallest absolute Gasteiger partial charge is 0.169 e. The van der Waals surface area contributed by atoms with Crippen molar-refractivity contribution in [2.45, 2.75) is 26.6 Å². The molecule has 0 aromatic carbocycles. The largest absolute Gasteiger partial charge is 0.352 e. The molecule has 0 atom stereocenters. The van der Waals surface area contributed by atoms with Crippen LogP contribution >= 0.6 is 0 Å². The summed E-state index contributed by atoms with van der Waals surface area (Å²) in [6.07, 6.45) is 1.62. The molecule has 0 heterocycles. The van der Waals surface area contributed by atoms with Crippen molar-refractivity contribution in [1.29, 1.82) is 0 Å². The normalized spacial score (nSPS) is 12.2. The van der Waals surface area contributed by atoms with Crippen molar-refractivity contribution in [3.05, 3.63) is 0 Å². The Kier molecular flexibility index (Phi) is 8.83. The Morgan fingerprint density at radius 2 is 1.75 bits per heavy atom. The van der Waals surface area contributed by atoms with Crippen LogP contribution in [0.15, 0.2) is 0 Å². The molecule has 0 saturated heterocycles. The third kappa shape index (κ3) is 10.4. The Morgan fingerprint density at radius 1 is 1.19 bits per heavy atom. The minimum Gasteiger partial charge on any atom is -0.352 e. The number of hydrogen-bond donors (Lipinski definition) is 1. The van der Waals surface area contributed by atoms with Gasteiger partial charge in [-0.1, -0.05) is 0 Å². The van der Waals surface area contributed by atoms with Gasteiger partial charge in [0.25, 0.3) is 0 Å². The van der Waals surface area contributed by atoms with Gasteiger partial charge in [-0.2, -0.15) is 0 Å². The van der Waals surface area contributed by atoms with Crippen LogP contribution in [-0.4, -0.2) is 53.0 Å². The van der Waals surface area contributed by atoms with Crippen LogP contribution in [-0.2, 0) is 19.3 Å². The first-order valence-electron chi connectivity index (χ1n) is 5.61. The first-order chi connectivity index (χ1) is 7.49. The molecule has 98 valence electrons. The van der Waals surface area contributed by atoms with E-state index in [0.29, 0.717) is 32.7 Å². The average Bonchev–Trinajstić information content (AvgIpc) is 2.16. The maximum atomic E-state index is 10.9. The molecule has 0 rings (SSSR count). The van der Waals surface area contributed by atoms with Crippen LogP contribution in [0.1, 0.15) is 20.3 Å². The molecule has 0 radical (unpaired) electrons. The van der Waals surface area contributed by atoms with Crippen LogP contribution < -0.4 is 5.32 Å². The second-order valence-corrected chi connectivity index (χ2v) is 5.79. The molecule has 16 heavy (non-hydrogen) atoms. The predicted molar refractivity (Wildman–Crippen MR) is 64.2 cm³/mol. The van der Waals surface area contributed by atoms with Gasteiger partial charge in [0.1, 0.15) is 9.84 Å². The Morgan fingerprint density at radius 3 is 2.19 bits per heavy atom. The molecule has 5 nitrogen and oxygen atoms in total. The van der Waals surface area contributed by atoms with Gasteiger partial charge < -0.3 is 14.8 Å². The molecule has 1 N–H and O–H groups in total. The fraction of sp³-hybridized carbons (Fsp3) is 1.00. The van der Waals surface area contributed by atoms with Crippen molar-refractivity contribution in [3.8, 4) is 0 Å². The molecule has 0 unspecified atom stereocenters. The van der Waals surface area contributed by atoms with Gasteiger partial charge >= 0.3 is 0 Å². The molecule has 0 aliphatic heterocycles. The molecule has 0 saturated carbocycles. The van der Waals surface area contributed by atoms with E-state index in [4.69, 9.17) is 9.47 Å². The third-order valence-corrected chi connectivity index (χ3v) is 2.92. The van der Waals surface area contributed by atoms with E-state index in [1.165, 1.54) is 6.26 Å². The first kappa shape index (κ1) is 15.8. The molecule has 0 fully saturated rings. The maximum Gasteiger partial charge on any atom is 0.169 e. The van der Waals surface area contributed by atoms with Crippen LogP contribution in [0.2, 0.25) is 0 Å². The molecule has 0 aliphatic rings. The van der Waals surface area contributed by atoms with Gasteiger partial charge in [0.2, 0.25) is 0 Å². The number of ether oxygens (including phenoxy) is 2. The first-order valence-corrected chi connectivity index (χ1v) is 7.67. The minimum atomic E-state index is -2.85. The summed E-state index contributed by atoms with van der Waals surface area (Å²) >= 11 is 0. The van der Waals surface area contributed by atoms with Crippen molar-refractivity contribution >= 4 is 9.84 Å². The lowest BCUT2D eigenvalue weighted by Crippen LogP contribution is -2.32. The highest BCUT2D eigenvalue weighted by atomic mass is 32.2. The van der Waals surface area contributed by atoms with Crippen LogP contribution in [0.3, 0.4) is 0 Å². The van der Waals surface area contributed by atoms with Crippen LogP contribution in [0, 0.1) is 0 Å². The molecule has 0 bridgehead atoms. The number of nitrogens with one attached hydrogen (secondary N) is 1. The Hall–Kier alpha value is -0.170. The van der Waals surface area contributed by atoms with Gasteiger partial charge in [0.05, 0.1) is 5.75 Å². The molecular weight excluding hydrogens is 230 g/mol. The Balaban J connectivity index is 3.54. The number of hydrogen-bond acceptors (Lipinski definition) is 5. The van der Waals surface area contributed by atoms with E-state index in [2.05, 4.69) is 5.32 Å². The zero-order chi connectivity index (χ0) is 12.4. The van der Waals surface area contributed by atoms with Gasteiger partial charge in [-0.25, -0.2) is 8.42 Å². The van der Waals surface area contributed by atoms with E-state index in [0.717, 1.165) is 0 Å². The minimum absolute atomic E-state index is 0.216. The molecule has 0 amide bonds. The summed E-state index contributed by atoms with van der Waals surface area (Å²) in [5.41, 5.74) is 0. The van der Waals surface area contributed by atoms with E-state index in [9.17, 15) is 8.42 Å². The van der Waals surface area contributed by atoms with Gasteiger partial charge in [-0.05, 0) is 26.8 Å². The van der Waals surface area contributed by atoms with Gasteiger partial charge in [0.15, 0.2) is 6.29 Å². The second-order valence-electron chi connectivity index (χ2n) is 3.53. The highest BCUT2D eigenvalue weighted by Crippen LogP contribution is 1.93. The van der Waals surface area contributed by atoms with Gasteiger partial charge in [-0.3, -0.25) is 0 Å². The summed E-state index contributed by atoms with van der Waals surface area (Å²) in [6, 6.07) is 0. The molecule has 0 spiro atoms. The maximum absolute atomic E-state index is 10.9. The summed E-state index contributed by atoms with van der Waals surface area (Å²) in [4.78, 5) is 0. The number of sulfone groups is 1. The van der Waals surface area contributed by atoms with Crippen molar-refractivity contribution in [3.63, 3.8) is 0 Å². The standard InChI is InChI=1S/C10H23NO4S/c1-4-14-10(15-5-2)9-11-7-6-8-16(3,12)13/h10-11H,4-9H2,1-3H3. The summed E-state index contributed by atoms with van der Waals surface area (Å²) in [7, 11) is -2.85. The van der Waals surface area contributed by atoms with Crippen LogP contribution in [0.4, 0.5) is 0 Å². The average molecular weight is 253 g/mol. The van der Waals surface area contributed by atoms with E-state index in [1.54, 1.807) is 0 Å². The highest BCUT2D eigenvalue weighted by molar-refractivity contribution is 7.90. The van der Waals surface area contributed by atoms with Crippen molar-refractivity contribution in [1.82, 2.24) is 5.32 Å². The van der Waals surface area contributed by atoms with Crippen LogP contribution in [0.25, 0.3) is 0 Å². The summed E-state index contributed by atoms with van der Waals surface area (Å²) < 4.78 is 32.4. The van der Waals surface area contributed by atoms with Gasteiger partial charge in [-0.15, -0.1) is 0 Å². The monoisotopic (exact) mass is 253 g/mol. The molecule has 0 aromatic rings. The molecule has 0 aliphatic carbocycles.